The molecule has 29 heavy (non-hydrogen) atoms. The van der Waals surface area contributed by atoms with Crippen LogP contribution in [0, 0.1) is 11.3 Å². The summed E-state index contributed by atoms with van der Waals surface area (Å²) in [5, 5.41) is 12.5. The number of nitrogens with zero attached hydrogens (tertiary/aromatic N) is 3. The fourth-order valence-corrected chi connectivity index (χ4v) is 5.67. The zero-order valence-electron chi connectivity index (χ0n) is 18.0. The standard InChI is InChI=1S/C22H32N4OS2/c1-6-10-23-19(27)14-28-21-25-24-20(26(21)11-7-2)18-13-15-12-16(22(3,4)5)8-9-17(15)29-18/h7,13,16H,2,6,8-12,14H2,1,3-5H3,(H,23,27). The number of hydrogen-bond donors (Lipinski definition) is 1. The number of aromatic nitrogens is 3. The van der Waals surface area contributed by atoms with Gasteiger partial charge in [-0.2, -0.15) is 0 Å². The Morgan fingerprint density at radius 1 is 1.45 bits per heavy atom. The number of thiophene rings is 1. The Bertz CT molecular complexity index is 863. The van der Waals surface area contributed by atoms with Crippen LogP contribution in [0.15, 0.2) is 23.9 Å². The number of nitrogens with one attached hydrogen (secondary N) is 1. The Kier molecular flexibility index (Phi) is 7.22. The highest BCUT2D eigenvalue weighted by molar-refractivity contribution is 7.99. The molecule has 158 valence electrons. The van der Waals surface area contributed by atoms with E-state index in [1.807, 2.05) is 24.3 Å². The molecule has 1 aliphatic rings. The number of allylic oxidation sites excluding steroid dienone is 1. The molecule has 5 nitrogen and oxygen atoms in total. The predicted molar refractivity (Wildman–Crippen MR) is 123 cm³/mol. The molecule has 1 unspecified atom stereocenters. The van der Waals surface area contributed by atoms with Gasteiger partial charge in [0.2, 0.25) is 5.91 Å². The van der Waals surface area contributed by atoms with Crippen LogP contribution in [0.25, 0.3) is 10.7 Å². The van der Waals surface area contributed by atoms with Crippen molar-refractivity contribution >= 4 is 29.0 Å². The van der Waals surface area contributed by atoms with E-state index in [1.54, 1.807) is 0 Å². The van der Waals surface area contributed by atoms with Gasteiger partial charge in [0, 0.05) is 18.0 Å². The topological polar surface area (TPSA) is 59.8 Å². The average molecular weight is 433 g/mol. The molecule has 7 heteroatoms. The van der Waals surface area contributed by atoms with Gasteiger partial charge < -0.3 is 5.32 Å². The maximum absolute atomic E-state index is 12.0. The van der Waals surface area contributed by atoms with Gasteiger partial charge in [0.1, 0.15) is 0 Å². The van der Waals surface area contributed by atoms with Gasteiger partial charge in [-0.3, -0.25) is 9.36 Å². The third-order valence-corrected chi connectivity index (χ3v) is 7.66. The van der Waals surface area contributed by atoms with Gasteiger partial charge >= 0.3 is 0 Å². The van der Waals surface area contributed by atoms with E-state index in [0.29, 0.717) is 24.3 Å². The van der Waals surface area contributed by atoms with E-state index in [0.717, 1.165) is 36.2 Å². The summed E-state index contributed by atoms with van der Waals surface area (Å²) < 4.78 is 2.07. The molecule has 0 aromatic carbocycles. The average Bonchev–Trinajstić information content (AvgIpc) is 3.27. The first-order valence-corrected chi connectivity index (χ1v) is 12.2. The molecule has 1 amide bonds. The smallest absolute Gasteiger partial charge is 0.230 e. The molecule has 0 bridgehead atoms. The molecule has 0 radical (unpaired) electrons. The predicted octanol–water partition coefficient (Wildman–Crippen LogP) is 4.96. The van der Waals surface area contributed by atoms with E-state index in [1.165, 1.54) is 33.5 Å². The zero-order valence-corrected chi connectivity index (χ0v) is 19.6. The minimum atomic E-state index is 0.0337. The van der Waals surface area contributed by atoms with E-state index in [4.69, 9.17) is 0 Å². The van der Waals surface area contributed by atoms with Crippen molar-refractivity contribution < 1.29 is 4.79 Å². The van der Waals surface area contributed by atoms with Crippen LogP contribution < -0.4 is 5.32 Å². The third kappa shape index (κ3) is 5.31. The van der Waals surface area contributed by atoms with Gasteiger partial charge in [-0.05, 0) is 48.6 Å². The minimum Gasteiger partial charge on any atom is -0.355 e. The van der Waals surface area contributed by atoms with Crippen molar-refractivity contribution in [2.24, 2.45) is 11.3 Å². The second-order valence-corrected chi connectivity index (χ2v) is 10.8. The molecule has 2 aromatic rings. The summed E-state index contributed by atoms with van der Waals surface area (Å²) in [5.41, 5.74) is 1.81. The maximum atomic E-state index is 12.0. The van der Waals surface area contributed by atoms with Gasteiger partial charge in [0.15, 0.2) is 11.0 Å². The van der Waals surface area contributed by atoms with Gasteiger partial charge in [0.05, 0.1) is 10.6 Å². The van der Waals surface area contributed by atoms with E-state index < -0.39 is 0 Å². The van der Waals surface area contributed by atoms with Crippen molar-refractivity contribution in [3.63, 3.8) is 0 Å². The van der Waals surface area contributed by atoms with Crippen molar-refractivity contribution in [2.45, 2.75) is 65.1 Å². The van der Waals surface area contributed by atoms with Crippen LogP contribution in [0.1, 0.15) is 51.0 Å². The number of rotatable bonds is 8. The van der Waals surface area contributed by atoms with Crippen LogP contribution in [0.2, 0.25) is 0 Å². The molecule has 0 spiro atoms. The molecule has 1 aliphatic carbocycles. The van der Waals surface area contributed by atoms with E-state index in [-0.39, 0.29) is 5.91 Å². The Morgan fingerprint density at radius 2 is 2.24 bits per heavy atom. The molecule has 1 atom stereocenters. The van der Waals surface area contributed by atoms with Crippen LogP contribution in [-0.4, -0.2) is 33.0 Å². The largest absolute Gasteiger partial charge is 0.355 e. The summed E-state index contributed by atoms with van der Waals surface area (Å²) in [6, 6.07) is 2.31. The van der Waals surface area contributed by atoms with Crippen LogP contribution in [0.5, 0.6) is 0 Å². The molecule has 0 saturated heterocycles. The lowest BCUT2D eigenvalue weighted by Crippen LogP contribution is -2.26. The number of amides is 1. The van der Waals surface area contributed by atoms with Crippen molar-refractivity contribution in [2.75, 3.05) is 12.3 Å². The molecule has 2 aromatic heterocycles. The number of carbonyl (C=O) groups excluding carboxylic acids is 1. The Morgan fingerprint density at radius 3 is 2.93 bits per heavy atom. The van der Waals surface area contributed by atoms with Crippen molar-refractivity contribution in [1.29, 1.82) is 0 Å². The number of aryl methyl sites for hydroxylation is 1. The van der Waals surface area contributed by atoms with E-state index >= 15 is 0 Å². The summed E-state index contributed by atoms with van der Waals surface area (Å²) in [6.07, 6.45) is 6.34. The lowest BCUT2D eigenvalue weighted by molar-refractivity contribution is -0.118. The van der Waals surface area contributed by atoms with Crippen molar-refractivity contribution in [1.82, 2.24) is 20.1 Å². The lowest BCUT2D eigenvalue weighted by atomic mass is 9.72. The molecule has 0 fully saturated rings. The third-order valence-electron chi connectivity index (χ3n) is 5.46. The molecular formula is C22H32N4OS2. The molecule has 0 saturated carbocycles. The SMILES string of the molecule is C=CCn1c(SCC(=O)NCCC)nnc1-c1cc2c(s1)CCC(C(C)(C)C)C2. The molecule has 0 aliphatic heterocycles. The highest BCUT2D eigenvalue weighted by Crippen LogP contribution is 2.42. The summed E-state index contributed by atoms with van der Waals surface area (Å²) >= 11 is 3.28. The van der Waals surface area contributed by atoms with Crippen molar-refractivity contribution in [3.05, 3.63) is 29.2 Å². The zero-order chi connectivity index (χ0) is 21.0. The van der Waals surface area contributed by atoms with Crippen molar-refractivity contribution in [3.8, 4) is 10.7 Å². The summed E-state index contributed by atoms with van der Waals surface area (Å²) in [6.45, 7) is 14.3. The Labute approximate surface area is 182 Å². The van der Waals surface area contributed by atoms with Crippen LogP contribution in [0.4, 0.5) is 0 Å². The normalized spacial score (nSPS) is 16.5. The van der Waals surface area contributed by atoms with Gasteiger partial charge in [0.25, 0.3) is 0 Å². The fourth-order valence-electron chi connectivity index (χ4n) is 3.69. The second-order valence-electron chi connectivity index (χ2n) is 8.71. The van der Waals surface area contributed by atoms with Crippen LogP contribution in [0.3, 0.4) is 0 Å². The van der Waals surface area contributed by atoms with Gasteiger partial charge in [-0.1, -0.05) is 45.5 Å². The molecule has 3 rings (SSSR count). The summed E-state index contributed by atoms with van der Waals surface area (Å²) in [5.74, 6) is 1.99. The number of hydrogen-bond acceptors (Lipinski definition) is 5. The number of fused-ring (bicyclic) bond motifs is 1. The first-order chi connectivity index (χ1) is 13.8. The molecular weight excluding hydrogens is 400 g/mol. The fraction of sp³-hybridized carbons (Fsp3) is 0.591. The molecule has 2 heterocycles. The van der Waals surface area contributed by atoms with Gasteiger partial charge in [-0.25, -0.2) is 0 Å². The van der Waals surface area contributed by atoms with Crippen LogP contribution in [-0.2, 0) is 24.2 Å². The summed E-state index contributed by atoms with van der Waals surface area (Å²) in [4.78, 5) is 14.6. The highest BCUT2D eigenvalue weighted by Gasteiger charge is 2.30. The summed E-state index contributed by atoms with van der Waals surface area (Å²) in [7, 11) is 0. The Hall–Kier alpha value is -1.60. The van der Waals surface area contributed by atoms with Gasteiger partial charge in [-0.15, -0.1) is 28.1 Å². The monoisotopic (exact) mass is 432 g/mol. The lowest BCUT2D eigenvalue weighted by Gasteiger charge is -2.33. The first kappa shape index (κ1) is 22.1. The van der Waals surface area contributed by atoms with E-state index in [9.17, 15) is 4.79 Å². The number of carbonyl (C=O) groups is 1. The first-order valence-electron chi connectivity index (χ1n) is 10.4. The Balaban J connectivity index is 1.79. The number of thioether (sulfide) groups is 1. The van der Waals surface area contributed by atoms with Crippen LogP contribution >= 0.6 is 23.1 Å². The second kappa shape index (κ2) is 9.47. The molecule has 1 N–H and O–H groups in total. The quantitative estimate of drug-likeness (QED) is 0.473. The highest BCUT2D eigenvalue weighted by atomic mass is 32.2. The van der Waals surface area contributed by atoms with E-state index in [2.05, 4.69) is 53.5 Å². The minimum absolute atomic E-state index is 0.0337. The maximum Gasteiger partial charge on any atom is 0.230 e.